The number of para-hydroxylation sites is 1. The van der Waals surface area contributed by atoms with Crippen LogP contribution in [-0.2, 0) is 16.5 Å². The van der Waals surface area contributed by atoms with E-state index >= 15 is 0 Å². The minimum atomic E-state index is -4.39. The lowest BCUT2D eigenvalue weighted by atomic mass is 10.0. The zero-order valence-corrected chi connectivity index (χ0v) is 18.7. The molecular formula is C24H34O5S. The number of phenolic OH excluding ortho intramolecular Hbond substituents is 1. The van der Waals surface area contributed by atoms with Crippen LogP contribution in [0, 0.1) is 0 Å². The van der Waals surface area contributed by atoms with Crippen molar-refractivity contribution in [1.82, 2.24) is 0 Å². The second kappa shape index (κ2) is 12.6. The molecule has 0 amide bonds. The molecule has 0 unspecified atom stereocenters. The molecule has 0 spiro atoms. The van der Waals surface area contributed by atoms with Crippen LogP contribution in [-0.4, -0.2) is 18.1 Å². The lowest BCUT2D eigenvalue weighted by Crippen LogP contribution is -2.00. The number of aryl methyl sites for hydroxylation is 1. The number of hydrogen-bond donors (Lipinski definition) is 2. The third kappa shape index (κ3) is 8.36. The van der Waals surface area contributed by atoms with Crippen LogP contribution < -0.4 is 4.74 Å². The highest BCUT2D eigenvalue weighted by Gasteiger charge is 2.16. The highest BCUT2D eigenvalue weighted by Crippen LogP contribution is 2.32. The molecule has 0 bridgehead atoms. The van der Waals surface area contributed by atoms with Crippen molar-refractivity contribution in [3.8, 4) is 17.2 Å². The smallest absolute Gasteiger partial charge is 0.298 e. The Bertz CT molecular complexity index is 877. The molecule has 0 saturated carbocycles. The molecule has 0 atom stereocenters. The van der Waals surface area contributed by atoms with Gasteiger partial charge in [-0.1, -0.05) is 82.9 Å². The second-order valence-electron chi connectivity index (χ2n) is 7.75. The number of hydrogen-bond acceptors (Lipinski definition) is 4. The molecule has 166 valence electrons. The molecule has 0 aliphatic heterocycles. The van der Waals surface area contributed by atoms with E-state index in [4.69, 9.17) is 4.74 Å². The van der Waals surface area contributed by atoms with E-state index in [1.165, 1.54) is 75.6 Å². The van der Waals surface area contributed by atoms with Gasteiger partial charge in [0.15, 0.2) is 0 Å². The van der Waals surface area contributed by atoms with Crippen molar-refractivity contribution in [3.63, 3.8) is 0 Å². The third-order valence-corrected chi connectivity index (χ3v) is 6.10. The fraction of sp³-hybridized carbons (Fsp3) is 0.500. The van der Waals surface area contributed by atoms with Gasteiger partial charge in [0.2, 0.25) is 0 Å². The summed E-state index contributed by atoms with van der Waals surface area (Å²) in [6.45, 7) is 2.24. The van der Waals surface area contributed by atoms with E-state index in [0.717, 1.165) is 24.8 Å². The van der Waals surface area contributed by atoms with Crippen LogP contribution in [0.1, 0.15) is 76.7 Å². The molecule has 0 heterocycles. The molecule has 30 heavy (non-hydrogen) atoms. The summed E-state index contributed by atoms with van der Waals surface area (Å²) in [7, 11) is -4.39. The molecule has 0 aromatic heterocycles. The maximum atomic E-state index is 11.5. The van der Waals surface area contributed by atoms with Crippen molar-refractivity contribution in [1.29, 1.82) is 0 Å². The minimum absolute atomic E-state index is 0.0156. The van der Waals surface area contributed by atoms with E-state index in [9.17, 15) is 18.1 Å². The van der Waals surface area contributed by atoms with Gasteiger partial charge in [-0.05, 0) is 36.6 Å². The fourth-order valence-electron chi connectivity index (χ4n) is 3.50. The quantitative estimate of drug-likeness (QED) is 0.250. The maximum Gasteiger partial charge on any atom is 0.298 e. The molecule has 5 nitrogen and oxygen atoms in total. The summed E-state index contributed by atoms with van der Waals surface area (Å²) in [5.41, 5.74) is 0.852. The number of benzene rings is 2. The molecule has 0 aliphatic rings. The first-order valence-corrected chi connectivity index (χ1v) is 12.4. The summed E-state index contributed by atoms with van der Waals surface area (Å²) in [6.07, 6.45) is 13.5. The van der Waals surface area contributed by atoms with Crippen molar-refractivity contribution in [2.45, 2.75) is 82.4 Å². The van der Waals surface area contributed by atoms with Crippen LogP contribution in [0.25, 0.3) is 0 Å². The van der Waals surface area contributed by atoms with E-state index in [1.807, 2.05) is 0 Å². The Morgan fingerprint density at radius 3 is 2.03 bits per heavy atom. The van der Waals surface area contributed by atoms with E-state index in [1.54, 1.807) is 18.2 Å². The number of ether oxygens (including phenoxy) is 1. The summed E-state index contributed by atoms with van der Waals surface area (Å²) < 4.78 is 37.8. The predicted octanol–water partition coefficient (Wildman–Crippen LogP) is 6.89. The van der Waals surface area contributed by atoms with Gasteiger partial charge in [0.05, 0.1) is 0 Å². The molecule has 6 heteroatoms. The van der Waals surface area contributed by atoms with Crippen molar-refractivity contribution >= 4 is 10.1 Å². The number of aromatic hydroxyl groups is 1. The first kappa shape index (κ1) is 24.2. The van der Waals surface area contributed by atoms with Crippen molar-refractivity contribution in [2.24, 2.45) is 0 Å². The van der Waals surface area contributed by atoms with Crippen LogP contribution in [0.2, 0.25) is 0 Å². The molecule has 2 rings (SSSR count). The summed E-state index contributed by atoms with van der Waals surface area (Å²) >= 11 is 0. The van der Waals surface area contributed by atoms with Gasteiger partial charge in [0, 0.05) is 6.07 Å². The van der Waals surface area contributed by atoms with Gasteiger partial charge in [-0.2, -0.15) is 8.42 Å². The number of unbranched alkanes of at least 4 members (excludes halogenated alkanes) is 9. The highest BCUT2D eigenvalue weighted by atomic mass is 32.2. The highest BCUT2D eigenvalue weighted by molar-refractivity contribution is 7.86. The van der Waals surface area contributed by atoms with E-state index < -0.39 is 10.1 Å². The predicted molar refractivity (Wildman–Crippen MR) is 120 cm³/mol. The SMILES string of the molecule is CCCCCCCCCCCCc1ccc(Oc2ccccc2S(=O)(=O)O)cc1O. The van der Waals surface area contributed by atoms with Gasteiger partial charge in [-0.15, -0.1) is 0 Å². The maximum absolute atomic E-state index is 11.5. The topological polar surface area (TPSA) is 83.8 Å². The van der Waals surface area contributed by atoms with Gasteiger partial charge in [0.25, 0.3) is 10.1 Å². The summed E-state index contributed by atoms with van der Waals surface area (Å²) in [6, 6.07) is 10.8. The molecule has 2 aromatic carbocycles. The van der Waals surface area contributed by atoms with Crippen LogP contribution in [0.15, 0.2) is 47.4 Å². The van der Waals surface area contributed by atoms with Crippen molar-refractivity contribution in [3.05, 3.63) is 48.0 Å². The average Bonchev–Trinajstić information content (AvgIpc) is 2.70. The van der Waals surface area contributed by atoms with Crippen LogP contribution in [0.3, 0.4) is 0 Å². The van der Waals surface area contributed by atoms with Crippen LogP contribution in [0.5, 0.6) is 17.2 Å². The molecule has 2 N–H and O–H groups in total. The summed E-state index contributed by atoms with van der Waals surface area (Å²) in [4.78, 5) is -0.307. The van der Waals surface area contributed by atoms with Crippen LogP contribution >= 0.6 is 0 Å². The zero-order chi connectivity index (χ0) is 21.8. The first-order chi connectivity index (χ1) is 14.4. The Morgan fingerprint density at radius 2 is 1.43 bits per heavy atom. The summed E-state index contributed by atoms with van der Waals surface area (Å²) in [5.74, 6) is 0.463. The molecular weight excluding hydrogens is 400 g/mol. The zero-order valence-electron chi connectivity index (χ0n) is 17.8. The Labute approximate surface area is 180 Å². The Kier molecular flexibility index (Phi) is 10.2. The Morgan fingerprint density at radius 1 is 0.833 bits per heavy atom. The van der Waals surface area contributed by atoms with E-state index in [2.05, 4.69) is 6.92 Å². The van der Waals surface area contributed by atoms with Crippen molar-refractivity contribution < 1.29 is 22.8 Å². The number of phenols is 1. The second-order valence-corrected chi connectivity index (χ2v) is 9.14. The first-order valence-electron chi connectivity index (χ1n) is 11.0. The van der Waals surface area contributed by atoms with Gasteiger partial charge in [0.1, 0.15) is 22.1 Å². The molecule has 0 radical (unpaired) electrons. The molecule has 0 saturated heterocycles. The standard InChI is InChI=1S/C24H34O5S/c1-2-3-4-5-6-7-8-9-10-11-14-20-17-18-21(19-22(20)25)29-23-15-12-13-16-24(23)30(26,27)28/h12-13,15-19,25H,2-11,14H2,1H3,(H,26,27,28). The van der Waals surface area contributed by atoms with E-state index in [-0.39, 0.29) is 16.4 Å². The van der Waals surface area contributed by atoms with Crippen LogP contribution in [0.4, 0.5) is 0 Å². The normalized spacial score (nSPS) is 11.5. The van der Waals surface area contributed by atoms with E-state index in [0.29, 0.717) is 5.75 Å². The molecule has 2 aromatic rings. The largest absolute Gasteiger partial charge is 0.508 e. The van der Waals surface area contributed by atoms with Gasteiger partial charge >= 0.3 is 0 Å². The minimum Gasteiger partial charge on any atom is -0.508 e. The molecule has 0 fully saturated rings. The van der Waals surface area contributed by atoms with Gasteiger partial charge < -0.3 is 9.84 Å². The third-order valence-electron chi connectivity index (χ3n) is 5.21. The monoisotopic (exact) mass is 434 g/mol. The van der Waals surface area contributed by atoms with Gasteiger partial charge in [-0.25, -0.2) is 0 Å². The van der Waals surface area contributed by atoms with Crippen molar-refractivity contribution in [2.75, 3.05) is 0 Å². The number of rotatable bonds is 14. The van der Waals surface area contributed by atoms with Gasteiger partial charge in [-0.3, -0.25) is 4.55 Å². The summed E-state index contributed by atoms with van der Waals surface area (Å²) in [5, 5.41) is 10.3. The fourth-order valence-corrected chi connectivity index (χ4v) is 4.11. The lowest BCUT2D eigenvalue weighted by molar-refractivity contribution is 0.437. The Hall–Kier alpha value is -2.05. The lowest BCUT2D eigenvalue weighted by Gasteiger charge is -2.11. The molecule has 0 aliphatic carbocycles. The average molecular weight is 435 g/mol. The Balaban J connectivity index is 1.77.